The van der Waals surface area contributed by atoms with Crippen LogP contribution in [0.1, 0.15) is 56.6 Å². The molecule has 8 heteroatoms. The Kier molecular flexibility index (Phi) is 8.34. The number of guanidine groups is 1. The molecule has 1 aromatic rings. The van der Waals surface area contributed by atoms with Crippen molar-refractivity contribution in [1.82, 2.24) is 10.2 Å². The maximum atomic E-state index is 12.9. The Morgan fingerprint density at radius 3 is 2.83 bits per heavy atom. The van der Waals surface area contributed by atoms with Crippen molar-refractivity contribution in [3.05, 3.63) is 35.4 Å². The molecule has 0 radical (unpaired) electrons. The third kappa shape index (κ3) is 7.25. The zero-order valence-electron chi connectivity index (χ0n) is 17.1. The molecule has 1 aliphatic rings. The monoisotopic (exact) mass is 412 g/mol. The zero-order chi connectivity index (χ0) is 21.4. The molecule has 0 saturated carbocycles. The molecule has 1 aromatic carbocycles. The van der Waals surface area contributed by atoms with E-state index in [0.717, 1.165) is 44.5 Å². The molecule has 2 atom stereocenters. The van der Waals surface area contributed by atoms with Gasteiger partial charge in [0.15, 0.2) is 5.96 Å². The molecule has 3 N–H and O–H groups in total. The molecule has 1 aliphatic heterocycles. The fourth-order valence-electron chi connectivity index (χ4n) is 3.69. The number of carbonyl (C=O) groups excluding carboxylic acids is 1. The Morgan fingerprint density at radius 1 is 1.41 bits per heavy atom. The number of benzene rings is 1. The predicted octanol–water partition coefficient (Wildman–Crippen LogP) is 3.75. The molecular formula is C21H31F3N4O. The molecule has 162 valence electrons. The number of piperidine rings is 1. The van der Waals surface area contributed by atoms with Gasteiger partial charge in [-0.15, -0.1) is 0 Å². The highest BCUT2D eigenvalue weighted by Crippen LogP contribution is 2.31. The first-order chi connectivity index (χ1) is 13.7. The maximum absolute atomic E-state index is 12.9. The molecule has 29 heavy (non-hydrogen) atoms. The summed E-state index contributed by atoms with van der Waals surface area (Å²) in [5.41, 5.74) is 5.38. The van der Waals surface area contributed by atoms with E-state index in [1.807, 2.05) is 13.8 Å². The van der Waals surface area contributed by atoms with Crippen molar-refractivity contribution in [2.45, 2.75) is 51.6 Å². The van der Waals surface area contributed by atoms with Gasteiger partial charge in [-0.05, 0) is 49.7 Å². The van der Waals surface area contributed by atoms with Crippen LogP contribution < -0.4 is 11.1 Å². The van der Waals surface area contributed by atoms with Crippen LogP contribution in [0, 0.1) is 5.92 Å². The van der Waals surface area contributed by atoms with Crippen LogP contribution in [0.4, 0.5) is 13.2 Å². The number of nitrogens with zero attached hydrogens (tertiary/aromatic N) is 2. The van der Waals surface area contributed by atoms with Crippen molar-refractivity contribution < 1.29 is 18.0 Å². The third-order valence-electron chi connectivity index (χ3n) is 5.25. The number of likely N-dealkylation sites (tertiary alicyclic amines) is 1. The highest BCUT2D eigenvalue weighted by molar-refractivity contribution is 5.80. The summed E-state index contributed by atoms with van der Waals surface area (Å²) in [7, 11) is 0. The topological polar surface area (TPSA) is 70.7 Å². The number of nitrogens with one attached hydrogen (secondary N) is 1. The van der Waals surface area contributed by atoms with Crippen LogP contribution in [0.5, 0.6) is 0 Å². The summed E-state index contributed by atoms with van der Waals surface area (Å²) in [6.45, 7) is 6.74. The highest BCUT2D eigenvalue weighted by atomic mass is 19.4. The minimum Gasteiger partial charge on any atom is -0.370 e. The average Bonchev–Trinajstić information content (AvgIpc) is 2.66. The van der Waals surface area contributed by atoms with E-state index < -0.39 is 11.7 Å². The lowest BCUT2D eigenvalue weighted by Gasteiger charge is -2.34. The number of hydrogen-bond acceptors (Lipinski definition) is 2. The number of alkyl halides is 3. The molecule has 2 unspecified atom stereocenters. The second-order valence-corrected chi connectivity index (χ2v) is 7.67. The van der Waals surface area contributed by atoms with Gasteiger partial charge in [-0.2, -0.15) is 13.2 Å². The van der Waals surface area contributed by atoms with Crippen molar-refractivity contribution >= 4 is 11.9 Å². The molecule has 0 spiro atoms. The first kappa shape index (κ1) is 23.0. The molecule has 1 fully saturated rings. The third-order valence-corrected chi connectivity index (χ3v) is 5.25. The molecule has 0 bridgehead atoms. The van der Waals surface area contributed by atoms with Crippen LogP contribution in [0.2, 0.25) is 0 Å². The van der Waals surface area contributed by atoms with E-state index in [0.29, 0.717) is 24.9 Å². The van der Waals surface area contributed by atoms with Crippen LogP contribution in [0.25, 0.3) is 0 Å². The van der Waals surface area contributed by atoms with Crippen molar-refractivity contribution in [2.75, 3.05) is 26.2 Å². The largest absolute Gasteiger partial charge is 0.416 e. The fraction of sp³-hybridized carbons (Fsp3) is 0.619. The number of nitrogens with two attached hydrogens (primary N) is 1. The second-order valence-electron chi connectivity index (χ2n) is 7.67. The highest BCUT2D eigenvalue weighted by Gasteiger charge is 2.30. The van der Waals surface area contributed by atoms with Gasteiger partial charge in [0.25, 0.3) is 0 Å². The SMILES string of the molecule is CCNC(=NCCC(C)c1cccc(C(F)(F)F)c1)N1CCCC(CC(N)=O)C1. The van der Waals surface area contributed by atoms with Gasteiger partial charge in [0.2, 0.25) is 5.91 Å². The van der Waals surface area contributed by atoms with Crippen LogP contribution in [0.15, 0.2) is 29.3 Å². The van der Waals surface area contributed by atoms with Gasteiger partial charge in [-0.25, -0.2) is 0 Å². The smallest absolute Gasteiger partial charge is 0.370 e. The lowest BCUT2D eigenvalue weighted by atomic mass is 9.95. The normalized spacial score (nSPS) is 19.1. The molecular weight excluding hydrogens is 381 g/mol. The van der Waals surface area contributed by atoms with E-state index in [1.165, 1.54) is 12.1 Å². The van der Waals surface area contributed by atoms with Gasteiger partial charge in [-0.1, -0.05) is 25.1 Å². The van der Waals surface area contributed by atoms with Gasteiger partial charge in [0.1, 0.15) is 0 Å². The molecule has 1 amide bonds. The molecule has 0 aliphatic carbocycles. The lowest BCUT2D eigenvalue weighted by molar-refractivity contribution is -0.137. The van der Waals surface area contributed by atoms with Gasteiger partial charge >= 0.3 is 6.18 Å². The van der Waals surface area contributed by atoms with Gasteiger partial charge < -0.3 is 16.0 Å². The van der Waals surface area contributed by atoms with E-state index in [9.17, 15) is 18.0 Å². The Morgan fingerprint density at radius 2 is 2.17 bits per heavy atom. The summed E-state index contributed by atoms with van der Waals surface area (Å²) >= 11 is 0. The quantitative estimate of drug-likeness (QED) is 0.529. The molecule has 2 rings (SSSR count). The van der Waals surface area contributed by atoms with Crippen molar-refractivity contribution in [3.63, 3.8) is 0 Å². The Bertz CT molecular complexity index is 705. The first-order valence-corrected chi connectivity index (χ1v) is 10.2. The summed E-state index contributed by atoms with van der Waals surface area (Å²) < 4.78 is 38.8. The van der Waals surface area contributed by atoms with Gasteiger partial charge in [0.05, 0.1) is 5.56 Å². The van der Waals surface area contributed by atoms with Crippen LogP contribution in [-0.2, 0) is 11.0 Å². The fourth-order valence-corrected chi connectivity index (χ4v) is 3.69. The lowest BCUT2D eigenvalue weighted by Crippen LogP contribution is -2.47. The zero-order valence-corrected chi connectivity index (χ0v) is 17.1. The summed E-state index contributed by atoms with van der Waals surface area (Å²) in [5, 5.41) is 3.28. The summed E-state index contributed by atoms with van der Waals surface area (Å²) in [5.74, 6) is 0.702. The molecule has 1 saturated heterocycles. The van der Waals surface area contributed by atoms with E-state index in [-0.39, 0.29) is 17.7 Å². The van der Waals surface area contributed by atoms with E-state index in [2.05, 4.69) is 15.2 Å². The number of hydrogen-bond donors (Lipinski definition) is 2. The Balaban J connectivity index is 1.99. The van der Waals surface area contributed by atoms with E-state index >= 15 is 0 Å². The van der Waals surface area contributed by atoms with Crippen molar-refractivity contribution in [2.24, 2.45) is 16.6 Å². The van der Waals surface area contributed by atoms with Crippen molar-refractivity contribution in [3.8, 4) is 0 Å². The van der Waals surface area contributed by atoms with E-state index in [1.54, 1.807) is 6.07 Å². The summed E-state index contributed by atoms with van der Waals surface area (Å²) in [4.78, 5) is 18.1. The molecule has 0 aromatic heterocycles. The number of rotatable bonds is 7. The number of amides is 1. The second kappa shape index (κ2) is 10.5. The Labute approximate surface area is 170 Å². The number of halogens is 3. The summed E-state index contributed by atoms with van der Waals surface area (Å²) in [6, 6.07) is 5.50. The standard InChI is InChI=1S/C21H31F3N4O/c1-3-26-20(28-11-5-6-16(14-28)12-19(25)29)27-10-9-15(2)17-7-4-8-18(13-17)21(22,23)24/h4,7-8,13,15-16H,3,5-6,9-12,14H2,1-2H3,(H2,25,29)(H,26,27). The number of primary amides is 1. The maximum Gasteiger partial charge on any atom is 0.416 e. The van der Waals surface area contributed by atoms with Crippen LogP contribution in [0.3, 0.4) is 0 Å². The number of aliphatic imine (C=N–C) groups is 1. The number of carbonyl (C=O) groups is 1. The van der Waals surface area contributed by atoms with E-state index in [4.69, 9.17) is 5.73 Å². The van der Waals surface area contributed by atoms with Crippen molar-refractivity contribution in [1.29, 1.82) is 0 Å². The minimum atomic E-state index is -4.33. The minimum absolute atomic E-state index is 0.0344. The Hall–Kier alpha value is -2.25. The van der Waals surface area contributed by atoms with Crippen LogP contribution in [-0.4, -0.2) is 42.9 Å². The molecule has 5 nitrogen and oxygen atoms in total. The molecule has 1 heterocycles. The van der Waals surface area contributed by atoms with Gasteiger partial charge in [0, 0.05) is 32.6 Å². The van der Waals surface area contributed by atoms with Gasteiger partial charge in [-0.3, -0.25) is 9.79 Å². The predicted molar refractivity (Wildman–Crippen MR) is 109 cm³/mol. The summed E-state index contributed by atoms with van der Waals surface area (Å²) in [6.07, 6.45) is -1.35. The van der Waals surface area contributed by atoms with Crippen LogP contribution >= 0.6 is 0 Å². The average molecular weight is 413 g/mol. The first-order valence-electron chi connectivity index (χ1n) is 10.2.